The Labute approximate surface area is 234 Å². The molecule has 1 amide bonds. The Morgan fingerprint density at radius 3 is 2.50 bits per heavy atom. The number of likely N-dealkylation sites (tertiary alicyclic amines) is 1. The SMILES string of the molecule is Cn1cc(-c2cc(-c3ccc(N4CCC5(CC4)CN(C(=O)CC4CCCC4)C5)nc3)c3c(C#N)cnn3c2)cn1. The molecular formula is C31H34N8O. The number of nitriles is 1. The molecule has 3 fully saturated rings. The van der Waals surface area contributed by atoms with Gasteiger partial charge in [-0.15, -0.1) is 0 Å². The van der Waals surface area contributed by atoms with E-state index in [0.29, 0.717) is 17.4 Å². The lowest BCUT2D eigenvalue weighted by Gasteiger charge is -2.54. The molecule has 0 N–H and O–H groups in total. The number of pyridine rings is 2. The first-order valence-corrected chi connectivity index (χ1v) is 14.4. The average Bonchev–Trinajstić information content (AvgIpc) is 3.73. The predicted molar refractivity (Wildman–Crippen MR) is 152 cm³/mol. The van der Waals surface area contributed by atoms with E-state index in [0.717, 1.165) is 79.0 Å². The highest BCUT2D eigenvalue weighted by Crippen LogP contribution is 2.42. The van der Waals surface area contributed by atoms with Crippen molar-refractivity contribution in [2.24, 2.45) is 18.4 Å². The van der Waals surface area contributed by atoms with E-state index in [2.05, 4.69) is 44.3 Å². The lowest BCUT2D eigenvalue weighted by molar-refractivity contribution is -0.145. The van der Waals surface area contributed by atoms with Gasteiger partial charge in [0, 0.05) is 85.9 Å². The minimum Gasteiger partial charge on any atom is -0.357 e. The van der Waals surface area contributed by atoms with Gasteiger partial charge in [0.1, 0.15) is 11.9 Å². The van der Waals surface area contributed by atoms with Gasteiger partial charge < -0.3 is 9.80 Å². The second-order valence-electron chi connectivity index (χ2n) is 12.0. The highest BCUT2D eigenvalue weighted by atomic mass is 16.2. The number of aromatic nitrogens is 5. The fourth-order valence-electron chi connectivity index (χ4n) is 6.94. The zero-order valence-electron chi connectivity index (χ0n) is 23.0. The number of fused-ring (bicyclic) bond motifs is 1. The van der Waals surface area contributed by atoms with Crippen molar-refractivity contribution < 1.29 is 4.79 Å². The van der Waals surface area contributed by atoms with Crippen molar-refractivity contribution in [1.29, 1.82) is 5.26 Å². The Balaban J connectivity index is 1.05. The number of hydrogen-bond donors (Lipinski definition) is 0. The predicted octanol–water partition coefficient (Wildman–Crippen LogP) is 4.68. The summed E-state index contributed by atoms with van der Waals surface area (Å²) in [5.41, 5.74) is 5.43. The Morgan fingerprint density at radius 1 is 1.02 bits per heavy atom. The summed E-state index contributed by atoms with van der Waals surface area (Å²) >= 11 is 0. The smallest absolute Gasteiger partial charge is 0.222 e. The van der Waals surface area contributed by atoms with Crippen molar-refractivity contribution in [2.45, 2.75) is 44.9 Å². The molecule has 4 aromatic rings. The van der Waals surface area contributed by atoms with Crippen LogP contribution in [0, 0.1) is 22.7 Å². The monoisotopic (exact) mass is 534 g/mol. The van der Waals surface area contributed by atoms with Crippen LogP contribution in [-0.2, 0) is 11.8 Å². The van der Waals surface area contributed by atoms with Crippen LogP contribution in [0.1, 0.15) is 50.5 Å². The van der Waals surface area contributed by atoms with Crippen molar-refractivity contribution in [1.82, 2.24) is 29.3 Å². The average molecular weight is 535 g/mol. The minimum atomic E-state index is 0.288. The first kappa shape index (κ1) is 24.8. The Morgan fingerprint density at radius 2 is 1.82 bits per heavy atom. The van der Waals surface area contributed by atoms with E-state index < -0.39 is 0 Å². The van der Waals surface area contributed by atoms with Gasteiger partial charge in [0.15, 0.2) is 0 Å². The molecule has 3 aliphatic rings. The Bertz CT molecular complexity index is 1590. The summed E-state index contributed by atoms with van der Waals surface area (Å²) in [6, 6.07) is 8.55. The third-order valence-corrected chi connectivity index (χ3v) is 9.32. The van der Waals surface area contributed by atoms with Gasteiger partial charge in [0.05, 0.1) is 23.5 Å². The van der Waals surface area contributed by atoms with Crippen LogP contribution in [0.2, 0.25) is 0 Å². The standard InChI is InChI=1S/C31H34N8O/c1-36-18-26(17-34-36)24-13-27(30-25(14-32)16-35-39(30)19-24)23-6-7-28(33-15-23)37-10-8-31(9-11-37)20-38(21-31)29(40)12-22-4-2-3-5-22/h6-7,13,15-19,22H,2-5,8-12,20-21H2,1H3. The summed E-state index contributed by atoms with van der Waals surface area (Å²) in [6.45, 7) is 3.76. The van der Waals surface area contributed by atoms with E-state index in [4.69, 9.17) is 4.98 Å². The number of amides is 1. The molecule has 4 aromatic heterocycles. The molecule has 2 aliphatic heterocycles. The molecule has 204 valence electrons. The maximum Gasteiger partial charge on any atom is 0.222 e. The normalized spacial score (nSPS) is 18.8. The summed E-state index contributed by atoms with van der Waals surface area (Å²) in [6.07, 6.45) is 17.2. The third-order valence-electron chi connectivity index (χ3n) is 9.32. The molecule has 0 radical (unpaired) electrons. The fraction of sp³-hybridized carbons (Fsp3) is 0.452. The highest BCUT2D eigenvalue weighted by Gasteiger charge is 2.46. The van der Waals surface area contributed by atoms with Crippen molar-refractivity contribution in [3.05, 3.63) is 54.7 Å². The Hall–Kier alpha value is -4.19. The molecule has 1 spiro atoms. The maximum atomic E-state index is 12.7. The second-order valence-corrected chi connectivity index (χ2v) is 12.0. The van der Waals surface area contributed by atoms with Gasteiger partial charge in [-0.05, 0) is 49.8 Å². The highest BCUT2D eigenvalue weighted by molar-refractivity contribution is 5.87. The van der Waals surface area contributed by atoms with E-state index in [9.17, 15) is 10.1 Å². The number of nitrogens with zero attached hydrogens (tertiary/aromatic N) is 8. The Kier molecular flexibility index (Phi) is 6.06. The second kappa shape index (κ2) is 9.77. The van der Waals surface area contributed by atoms with Crippen LogP contribution in [0.5, 0.6) is 0 Å². The molecule has 1 aliphatic carbocycles. The van der Waals surface area contributed by atoms with Gasteiger partial charge in [0.25, 0.3) is 0 Å². The minimum absolute atomic E-state index is 0.288. The lowest BCUT2D eigenvalue weighted by atomic mass is 9.71. The van der Waals surface area contributed by atoms with Crippen LogP contribution in [-0.4, -0.2) is 61.4 Å². The van der Waals surface area contributed by atoms with Crippen LogP contribution < -0.4 is 4.90 Å². The first-order chi connectivity index (χ1) is 19.5. The number of anilines is 1. The summed E-state index contributed by atoms with van der Waals surface area (Å²) in [5, 5.41) is 18.5. The number of aryl methyl sites for hydroxylation is 1. The van der Waals surface area contributed by atoms with Gasteiger partial charge >= 0.3 is 0 Å². The van der Waals surface area contributed by atoms with E-state index in [-0.39, 0.29) is 5.41 Å². The molecule has 0 unspecified atom stereocenters. The molecule has 0 bridgehead atoms. The first-order valence-electron chi connectivity index (χ1n) is 14.4. The number of hydrogen-bond acceptors (Lipinski definition) is 6. The van der Waals surface area contributed by atoms with Crippen molar-refractivity contribution >= 4 is 17.2 Å². The van der Waals surface area contributed by atoms with Gasteiger partial charge in [0.2, 0.25) is 5.91 Å². The number of rotatable bonds is 5. The van der Waals surface area contributed by atoms with Crippen molar-refractivity contribution in [3.8, 4) is 28.3 Å². The number of carbonyl (C=O) groups excluding carboxylic acids is 1. The van der Waals surface area contributed by atoms with Crippen LogP contribution >= 0.6 is 0 Å². The van der Waals surface area contributed by atoms with Crippen molar-refractivity contribution in [3.63, 3.8) is 0 Å². The van der Waals surface area contributed by atoms with Crippen molar-refractivity contribution in [2.75, 3.05) is 31.1 Å². The molecule has 1 saturated carbocycles. The van der Waals surface area contributed by atoms with Gasteiger partial charge in [-0.3, -0.25) is 9.48 Å². The molecule has 2 saturated heterocycles. The zero-order chi connectivity index (χ0) is 27.3. The number of carbonyl (C=O) groups is 1. The van der Waals surface area contributed by atoms with Crippen LogP contribution in [0.4, 0.5) is 5.82 Å². The van der Waals surface area contributed by atoms with Gasteiger partial charge in [-0.2, -0.15) is 15.5 Å². The molecule has 40 heavy (non-hydrogen) atoms. The quantitative estimate of drug-likeness (QED) is 0.369. The van der Waals surface area contributed by atoms with Gasteiger partial charge in [-0.1, -0.05) is 12.8 Å². The topological polar surface area (TPSA) is 95.3 Å². The van der Waals surface area contributed by atoms with E-state index >= 15 is 0 Å². The van der Waals surface area contributed by atoms with E-state index in [1.54, 1.807) is 15.4 Å². The molecule has 0 atom stereocenters. The molecular weight excluding hydrogens is 500 g/mol. The fourth-order valence-corrected chi connectivity index (χ4v) is 6.94. The third kappa shape index (κ3) is 4.41. The summed E-state index contributed by atoms with van der Waals surface area (Å²) < 4.78 is 3.55. The van der Waals surface area contributed by atoms with Crippen LogP contribution in [0.25, 0.3) is 27.8 Å². The zero-order valence-corrected chi connectivity index (χ0v) is 23.0. The maximum absolute atomic E-state index is 12.7. The molecule has 9 heteroatoms. The molecule has 6 heterocycles. The molecule has 7 rings (SSSR count). The van der Waals surface area contributed by atoms with E-state index in [1.165, 1.54) is 25.7 Å². The summed E-state index contributed by atoms with van der Waals surface area (Å²) in [4.78, 5) is 22.0. The largest absolute Gasteiger partial charge is 0.357 e. The summed E-state index contributed by atoms with van der Waals surface area (Å²) in [7, 11) is 1.90. The summed E-state index contributed by atoms with van der Waals surface area (Å²) in [5.74, 6) is 1.96. The number of piperidine rings is 1. The molecule has 9 nitrogen and oxygen atoms in total. The lowest BCUT2D eigenvalue weighted by Crippen LogP contribution is -2.62. The van der Waals surface area contributed by atoms with Crippen LogP contribution in [0.3, 0.4) is 0 Å². The van der Waals surface area contributed by atoms with Gasteiger partial charge in [-0.25, -0.2) is 9.50 Å². The van der Waals surface area contributed by atoms with Crippen LogP contribution in [0.15, 0.2) is 49.2 Å². The van der Waals surface area contributed by atoms with E-state index in [1.807, 2.05) is 31.8 Å². The molecule has 0 aromatic carbocycles.